The van der Waals surface area contributed by atoms with Gasteiger partial charge >= 0.3 is 0 Å². The second kappa shape index (κ2) is 5.13. The Balaban J connectivity index is 2.11. The van der Waals surface area contributed by atoms with Crippen LogP contribution in [0.2, 0.25) is 0 Å². The van der Waals surface area contributed by atoms with Crippen molar-refractivity contribution in [2.24, 2.45) is 0 Å². The van der Waals surface area contributed by atoms with Crippen molar-refractivity contribution in [3.8, 4) is 0 Å². The SMILES string of the molecule is O=Cc1c[nH]c(C(=O)Nc2ccc(I)cc2)c1. The summed E-state index contributed by atoms with van der Waals surface area (Å²) in [5.74, 6) is -0.265. The third kappa shape index (κ3) is 2.94. The number of rotatable bonds is 3. The highest BCUT2D eigenvalue weighted by molar-refractivity contribution is 14.1. The molecule has 0 bridgehead atoms. The number of hydrogen-bond donors (Lipinski definition) is 2. The molecular weight excluding hydrogens is 331 g/mol. The molecule has 5 heteroatoms. The monoisotopic (exact) mass is 340 g/mol. The Morgan fingerprint density at radius 1 is 1.29 bits per heavy atom. The number of anilines is 1. The Labute approximate surface area is 112 Å². The minimum absolute atomic E-state index is 0.265. The first-order chi connectivity index (χ1) is 8.19. The van der Waals surface area contributed by atoms with Crippen LogP contribution in [0.3, 0.4) is 0 Å². The van der Waals surface area contributed by atoms with Crippen molar-refractivity contribution in [3.63, 3.8) is 0 Å². The van der Waals surface area contributed by atoms with Crippen LogP contribution in [0.4, 0.5) is 5.69 Å². The molecule has 1 aromatic carbocycles. The highest BCUT2D eigenvalue weighted by Crippen LogP contribution is 2.12. The summed E-state index contributed by atoms with van der Waals surface area (Å²) in [6, 6.07) is 8.96. The molecule has 2 rings (SSSR count). The van der Waals surface area contributed by atoms with Crippen molar-refractivity contribution >= 4 is 40.5 Å². The lowest BCUT2D eigenvalue weighted by atomic mass is 10.3. The van der Waals surface area contributed by atoms with Crippen LogP contribution in [0, 0.1) is 3.57 Å². The van der Waals surface area contributed by atoms with Gasteiger partial charge in [0.1, 0.15) is 5.69 Å². The van der Waals surface area contributed by atoms with Crippen LogP contribution in [0.5, 0.6) is 0 Å². The van der Waals surface area contributed by atoms with E-state index in [-0.39, 0.29) is 5.91 Å². The van der Waals surface area contributed by atoms with Gasteiger partial charge < -0.3 is 10.3 Å². The molecule has 0 radical (unpaired) electrons. The summed E-state index contributed by atoms with van der Waals surface area (Å²) >= 11 is 2.19. The van der Waals surface area contributed by atoms with Crippen molar-refractivity contribution in [2.45, 2.75) is 0 Å². The predicted octanol–water partition coefficient (Wildman–Crippen LogP) is 2.68. The van der Waals surface area contributed by atoms with Gasteiger partial charge in [0.15, 0.2) is 6.29 Å². The number of H-pyrrole nitrogens is 1. The lowest BCUT2D eigenvalue weighted by molar-refractivity contribution is 0.102. The summed E-state index contributed by atoms with van der Waals surface area (Å²) in [6.07, 6.45) is 2.19. The van der Waals surface area contributed by atoms with Gasteiger partial charge in [-0.15, -0.1) is 0 Å². The van der Waals surface area contributed by atoms with Crippen molar-refractivity contribution in [3.05, 3.63) is 51.4 Å². The summed E-state index contributed by atoms with van der Waals surface area (Å²) in [6.45, 7) is 0. The van der Waals surface area contributed by atoms with Crippen LogP contribution >= 0.6 is 22.6 Å². The standard InChI is InChI=1S/C12H9IN2O2/c13-9-1-3-10(4-2-9)15-12(17)11-5-8(7-16)6-14-11/h1-7,14H,(H,15,17). The number of aromatic amines is 1. The zero-order valence-electron chi connectivity index (χ0n) is 8.74. The quantitative estimate of drug-likeness (QED) is 0.667. The molecule has 1 amide bonds. The van der Waals surface area contributed by atoms with Gasteiger partial charge in [-0.1, -0.05) is 0 Å². The number of nitrogens with one attached hydrogen (secondary N) is 2. The van der Waals surface area contributed by atoms with Gasteiger partial charge in [-0.3, -0.25) is 9.59 Å². The van der Waals surface area contributed by atoms with E-state index < -0.39 is 0 Å². The second-order valence-corrected chi connectivity index (χ2v) is 4.67. The minimum Gasteiger partial charge on any atom is -0.356 e. The molecular formula is C12H9IN2O2. The maximum atomic E-state index is 11.8. The van der Waals surface area contributed by atoms with Gasteiger partial charge in [-0.25, -0.2) is 0 Å². The maximum Gasteiger partial charge on any atom is 0.272 e. The third-order valence-electron chi connectivity index (χ3n) is 2.19. The molecule has 1 aromatic heterocycles. The molecule has 86 valence electrons. The first-order valence-electron chi connectivity index (χ1n) is 4.89. The molecule has 1 heterocycles. The number of benzene rings is 1. The second-order valence-electron chi connectivity index (χ2n) is 3.43. The van der Waals surface area contributed by atoms with E-state index in [4.69, 9.17) is 0 Å². The summed E-state index contributed by atoms with van der Waals surface area (Å²) < 4.78 is 1.10. The van der Waals surface area contributed by atoms with Gasteiger partial charge in [0.05, 0.1) is 0 Å². The molecule has 2 N–H and O–H groups in total. The molecule has 4 nitrogen and oxygen atoms in total. The largest absolute Gasteiger partial charge is 0.356 e. The van der Waals surface area contributed by atoms with E-state index in [1.165, 1.54) is 12.3 Å². The summed E-state index contributed by atoms with van der Waals surface area (Å²) in [5.41, 5.74) is 1.54. The molecule has 0 saturated heterocycles. The molecule has 0 saturated carbocycles. The Morgan fingerprint density at radius 3 is 2.59 bits per heavy atom. The van der Waals surface area contributed by atoms with E-state index in [0.717, 1.165) is 9.26 Å². The summed E-state index contributed by atoms with van der Waals surface area (Å²) in [4.78, 5) is 25.0. The van der Waals surface area contributed by atoms with E-state index in [1.807, 2.05) is 24.3 Å². The first-order valence-corrected chi connectivity index (χ1v) is 5.97. The fraction of sp³-hybridized carbons (Fsp3) is 0. The lowest BCUT2D eigenvalue weighted by Crippen LogP contribution is -2.12. The van der Waals surface area contributed by atoms with E-state index in [2.05, 4.69) is 32.9 Å². The number of aromatic nitrogens is 1. The highest BCUT2D eigenvalue weighted by atomic mass is 127. The minimum atomic E-state index is -0.265. The number of hydrogen-bond acceptors (Lipinski definition) is 2. The van der Waals surface area contributed by atoms with Crippen LogP contribution in [-0.2, 0) is 0 Å². The van der Waals surface area contributed by atoms with E-state index in [1.54, 1.807) is 0 Å². The number of halogens is 1. The number of amides is 1. The van der Waals surface area contributed by atoms with Crippen LogP contribution in [0.1, 0.15) is 20.8 Å². The summed E-state index contributed by atoms with van der Waals surface area (Å²) in [7, 11) is 0. The van der Waals surface area contributed by atoms with Crippen molar-refractivity contribution in [2.75, 3.05) is 5.32 Å². The van der Waals surface area contributed by atoms with E-state index in [9.17, 15) is 9.59 Å². The lowest BCUT2D eigenvalue weighted by Gasteiger charge is -2.03. The molecule has 0 aliphatic rings. The third-order valence-corrected chi connectivity index (χ3v) is 2.91. The van der Waals surface area contributed by atoms with Gasteiger partial charge in [0.25, 0.3) is 5.91 Å². The first kappa shape index (κ1) is 11.8. The van der Waals surface area contributed by atoms with Crippen molar-refractivity contribution in [1.82, 2.24) is 4.98 Å². The molecule has 0 atom stereocenters. The molecule has 17 heavy (non-hydrogen) atoms. The van der Waals surface area contributed by atoms with E-state index >= 15 is 0 Å². The van der Waals surface area contributed by atoms with Gasteiger partial charge in [0.2, 0.25) is 0 Å². The van der Waals surface area contributed by atoms with Crippen molar-refractivity contribution < 1.29 is 9.59 Å². The molecule has 2 aromatic rings. The Morgan fingerprint density at radius 2 is 2.00 bits per heavy atom. The molecule has 0 fully saturated rings. The average molecular weight is 340 g/mol. The molecule has 0 spiro atoms. The molecule has 0 unspecified atom stereocenters. The number of carbonyl (C=O) groups excluding carboxylic acids is 2. The topological polar surface area (TPSA) is 62.0 Å². The van der Waals surface area contributed by atoms with Gasteiger partial charge in [-0.05, 0) is 52.9 Å². The zero-order valence-corrected chi connectivity index (χ0v) is 10.9. The van der Waals surface area contributed by atoms with Crippen LogP contribution in [0.25, 0.3) is 0 Å². The Kier molecular flexibility index (Phi) is 3.58. The predicted molar refractivity (Wildman–Crippen MR) is 73.3 cm³/mol. The highest BCUT2D eigenvalue weighted by Gasteiger charge is 2.08. The smallest absolute Gasteiger partial charge is 0.272 e. The molecule has 0 aliphatic carbocycles. The van der Waals surface area contributed by atoms with Crippen LogP contribution in [-0.4, -0.2) is 17.2 Å². The van der Waals surface area contributed by atoms with Crippen molar-refractivity contribution in [1.29, 1.82) is 0 Å². The van der Waals surface area contributed by atoms with Gasteiger partial charge in [-0.2, -0.15) is 0 Å². The average Bonchev–Trinajstić information content (AvgIpc) is 2.81. The number of carbonyl (C=O) groups is 2. The van der Waals surface area contributed by atoms with Gasteiger partial charge in [0, 0.05) is 21.0 Å². The molecule has 0 aliphatic heterocycles. The van der Waals surface area contributed by atoms with E-state index in [0.29, 0.717) is 17.5 Å². The summed E-state index contributed by atoms with van der Waals surface area (Å²) in [5, 5.41) is 2.73. The van der Waals surface area contributed by atoms with Crippen LogP contribution in [0.15, 0.2) is 36.5 Å². The van der Waals surface area contributed by atoms with Crippen LogP contribution < -0.4 is 5.32 Å². The number of aldehydes is 1. The zero-order chi connectivity index (χ0) is 12.3. The maximum absolute atomic E-state index is 11.8. The Hall–Kier alpha value is -1.63. The fourth-order valence-corrected chi connectivity index (χ4v) is 1.70. The normalized spacial score (nSPS) is 9.94. The Bertz CT molecular complexity index is 546. The fourth-order valence-electron chi connectivity index (χ4n) is 1.34.